The number of nitrogens with zero attached hydrogens (tertiary/aromatic N) is 1. The number of hydrogen-bond acceptors (Lipinski definition) is 3. The van der Waals surface area contributed by atoms with Crippen molar-refractivity contribution in [2.75, 3.05) is 13.2 Å². The van der Waals surface area contributed by atoms with Crippen molar-refractivity contribution in [1.29, 1.82) is 0 Å². The van der Waals surface area contributed by atoms with Crippen LogP contribution in [0.3, 0.4) is 0 Å². The van der Waals surface area contributed by atoms with Crippen LogP contribution >= 0.6 is 15.9 Å². The molecule has 3 nitrogen and oxygen atoms in total. The zero-order chi connectivity index (χ0) is 14.2. The van der Waals surface area contributed by atoms with Crippen LogP contribution in [0.5, 0.6) is 5.75 Å². The molecule has 2 atom stereocenters. The quantitative estimate of drug-likeness (QED) is 0.822. The molecule has 1 fully saturated rings. The smallest absolute Gasteiger partial charge is 0.124 e. The topological polar surface area (TPSA) is 21.7 Å². The van der Waals surface area contributed by atoms with Crippen molar-refractivity contribution in [2.45, 2.75) is 12.6 Å². The van der Waals surface area contributed by atoms with Gasteiger partial charge in [0, 0.05) is 22.5 Å². The fourth-order valence-corrected chi connectivity index (χ4v) is 3.51. The zero-order valence-electron chi connectivity index (χ0n) is 11.5. The third-order valence-corrected chi connectivity index (χ3v) is 4.63. The van der Waals surface area contributed by atoms with Gasteiger partial charge in [0.05, 0.1) is 19.3 Å². The van der Waals surface area contributed by atoms with Crippen molar-refractivity contribution < 1.29 is 9.57 Å². The summed E-state index contributed by atoms with van der Waals surface area (Å²) in [6.07, 6.45) is 0. The van der Waals surface area contributed by atoms with Gasteiger partial charge < -0.3 is 4.74 Å². The number of halogens is 1. The Bertz CT molecular complexity index is 646. The van der Waals surface area contributed by atoms with Gasteiger partial charge in [0.15, 0.2) is 0 Å². The summed E-state index contributed by atoms with van der Waals surface area (Å²) in [6, 6.07) is 16.9. The molecule has 2 aromatic rings. The SMILES string of the molecule is Brc1ccc2c(c1)[C@@H]1[C@H](CO2)CON1Cc1ccccc1. The first-order chi connectivity index (χ1) is 10.3. The Balaban J connectivity index is 1.66. The van der Waals surface area contributed by atoms with Crippen LogP contribution in [0.1, 0.15) is 17.2 Å². The molecule has 2 aliphatic heterocycles. The molecule has 2 aliphatic rings. The third-order valence-electron chi connectivity index (χ3n) is 4.14. The Morgan fingerprint density at radius 1 is 1.10 bits per heavy atom. The Morgan fingerprint density at radius 3 is 2.81 bits per heavy atom. The standard InChI is InChI=1S/C17H16BrNO2/c18-14-6-7-16-15(8-14)17-13(10-20-16)11-21-19(17)9-12-4-2-1-3-5-12/h1-8,13,17H,9-11H2/t13-,17+/m1/s1. The van der Waals surface area contributed by atoms with Gasteiger partial charge in [-0.25, -0.2) is 0 Å². The monoisotopic (exact) mass is 345 g/mol. The van der Waals surface area contributed by atoms with Gasteiger partial charge in [0.1, 0.15) is 5.75 Å². The first kappa shape index (κ1) is 13.3. The van der Waals surface area contributed by atoms with E-state index in [1.807, 2.05) is 18.2 Å². The molecule has 0 saturated carbocycles. The molecule has 21 heavy (non-hydrogen) atoms. The van der Waals surface area contributed by atoms with Gasteiger partial charge in [-0.05, 0) is 23.8 Å². The van der Waals surface area contributed by atoms with Gasteiger partial charge in [-0.1, -0.05) is 46.3 Å². The molecule has 0 N–H and O–H groups in total. The molecule has 0 bridgehead atoms. The summed E-state index contributed by atoms with van der Waals surface area (Å²) in [5, 5.41) is 2.10. The molecule has 0 spiro atoms. The fraction of sp³-hybridized carbons (Fsp3) is 0.294. The largest absolute Gasteiger partial charge is 0.493 e. The van der Waals surface area contributed by atoms with E-state index in [2.05, 4.69) is 51.3 Å². The van der Waals surface area contributed by atoms with Crippen molar-refractivity contribution in [3.05, 3.63) is 64.1 Å². The summed E-state index contributed by atoms with van der Waals surface area (Å²) in [5.74, 6) is 1.37. The first-order valence-electron chi connectivity index (χ1n) is 7.17. The van der Waals surface area contributed by atoms with Crippen molar-refractivity contribution in [3.63, 3.8) is 0 Å². The minimum absolute atomic E-state index is 0.270. The van der Waals surface area contributed by atoms with E-state index in [0.717, 1.165) is 30.0 Å². The van der Waals surface area contributed by atoms with Gasteiger partial charge in [0.25, 0.3) is 0 Å². The van der Waals surface area contributed by atoms with E-state index < -0.39 is 0 Å². The Kier molecular flexibility index (Phi) is 3.45. The Morgan fingerprint density at radius 2 is 1.95 bits per heavy atom. The van der Waals surface area contributed by atoms with Crippen LogP contribution in [0.25, 0.3) is 0 Å². The molecule has 1 saturated heterocycles. The summed E-state index contributed by atoms with van der Waals surface area (Å²) in [7, 11) is 0. The molecule has 0 aromatic heterocycles. The van der Waals surface area contributed by atoms with Crippen LogP contribution in [0, 0.1) is 5.92 Å². The second-order valence-electron chi connectivity index (χ2n) is 5.55. The van der Waals surface area contributed by atoms with Crippen LogP contribution in [-0.2, 0) is 11.4 Å². The van der Waals surface area contributed by atoms with Gasteiger partial charge >= 0.3 is 0 Å². The normalized spacial score (nSPS) is 24.2. The second-order valence-corrected chi connectivity index (χ2v) is 6.47. The lowest BCUT2D eigenvalue weighted by atomic mass is 9.92. The molecule has 4 rings (SSSR count). The van der Waals surface area contributed by atoms with E-state index in [1.165, 1.54) is 11.1 Å². The molecule has 4 heteroatoms. The van der Waals surface area contributed by atoms with Crippen molar-refractivity contribution in [2.24, 2.45) is 5.92 Å². The molecular weight excluding hydrogens is 330 g/mol. The summed E-state index contributed by atoms with van der Waals surface area (Å²) >= 11 is 3.56. The molecule has 0 unspecified atom stereocenters. The maximum Gasteiger partial charge on any atom is 0.124 e. The molecule has 0 radical (unpaired) electrons. The summed E-state index contributed by atoms with van der Waals surface area (Å²) in [6.45, 7) is 2.25. The Labute approximate surface area is 132 Å². The van der Waals surface area contributed by atoms with Crippen LogP contribution in [0.4, 0.5) is 0 Å². The number of hydrogen-bond donors (Lipinski definition) is 0. The minimum atomic E-state index is 0.270. The van der Waals surface area contributed by atoms with Crippen LogP contribution in [0.15, 0.2) is 53.0 Å². The highest BCUT2D eigenvalue weighted by molar-refractivity contribution is 9.10. The average Bonchev–Trinajstić information content (AvgIpc) is 2.92. The molecular formula is C17H16BrNO2. The number of rotatable bonds is 2. The number of ether oxygens (including phenoxy) is 1. The van der Waals surface area contributed by atoms with Gasteiger partial charge in [-0.15, -0.1) is 0 Å². The van der Waals surface area contributed by atoms with E-state index in [4.69, 9.17) is 9.57 Å². The fourth-order valence-electron chi connectivity index (χ4n) is 3.13. The average molecular weight is 346 g/mol. The van der Waals surface area contributed by atoms with E-state index >= 15 is 0 Å². The molecule has 0 amide bonds. The summed E-state index contributed by atoms with van der Waals surface area (Å²) < 4.78 is 6.94. The van der Waals surface area contributed by atoms with E-state index in [-0.39, 0.29) is 6.04 Å². The number of benzene rings is 2. The molecule has 0 aliphatic carbocycles. The maximum atomic E-state index is 5.94. The highest BCUT2D eigenvalue weighted by Crippen LogP contribution is 2.44. The molecule has 2 heterocycles. The highest BCUT2D eigenvalue weighted by Gasteiger charge is 2.41. The third kappa shape index (κ3) is 2.48. The predicted molar refractivity (Wildman–Crippen MR) is 83.8 cm³/mol. The van der Waals surface area contributed by atoms with Crippen LogP contribution < -0.4 is 4.74 Å². The van der Waals surface area contributed by atoms with Crippen molar-refractivity contribution >= 4 is 15.9 Å². The van der Waals surface area contributed by atoms with Gasteiger partial charge in [-0.2, -0.15) is 5.06 Å². The lowest BCUT2D eigenvalue weighted by Crippen LogP contribution is -2.30. The summed E-state index contributed by atoms with van der Waals surface area (Å²) in [4.78, 5) is 5.94. The van der Waals surface area contributed by atoms with Crippen molar-refractivity contribution in [1.82, 2.24) is 5.06 Å². The summed E-state index contributed by atoms with van der Waals surface area (Å²) in [5.41, 5.74) is 2.48. The van der Waals surface area contributed by atoms with E-state index in [1.54, 1.807) is 0 Å². The second kappa shape index (κ2) is 5.44. The maximum absolute atomic E-state index is 5.94. The van der Waals surface area contributed by atoms with E-state index in [9.17, 15) is 0 Å². The number of fused-ring (bicyclic) bond motifs is 3. The van der Waals surface area contributed by atoms with Crippen LogP contribution in [0.2, 0.25) is 0 Å². The molecule has 108 valence electrons. The van der Waals surface area contributed by atoms with Gasteiger partial charge in [0.2, 0.25) is 0 Å². The Hall–Kier alpha value is -1.36. The lowest BCUT2D eigenvalue weighted by Gasteiger charge is -2.31. The zero-order valence-corrected chi connectivity index (χ0v) is 13.1. The highest BCUT2D eigenvalue weighted by atomic mass is 79.9. The molecule has 2 aromatic carbocycles. The minimum Gasteiger partial charge on any atom is -0.493 e. The van der Waals surface area contributed by atoms with Gasteiger partial charge in [-0.3, -0.25) is 4.84 Å². The first-order valence-corrected chi connectivity index (χ1v) is 7.96. The van der Waals surface area contributed by atoms with Crippen molar-refractivity contribution in [3.8, 4) is 5.75 Å². The van der Waals surface area contributed by atoms with Crippen LogP contribution in [-0.4, -0.2) is 18.3 Å². The van der Waals surface area contributed by atoms with E-state index in [0.29, 0.717) is 5.92 Å². The predicted octanol–water partition coefficient (Wildman–Crippen LogP) is 3.95. The lowest BCUT2D eigenvalue weighted by molar-refractivity contribution is -0.141. The number of hydroxylamine groups is 2.